The molecule has 2 aliphatic carbocycles. The first-order valence-corrected chi connectivity index (χ1v) is 7.98. The smallest absolute Gasteiger partial charge is 0.235 e. The van der Waals surface area contributed by atoms with E-state index in [-0.39, 0.29) is 42.2 Å². The largest absolute Gasteiger partial charge is 0.367 e. The van der Waals surface area contributed by atoms with Crippen LogP contribution in [0.15, 0.2) is 30.4 Å². The molecule has 2 bridgehead atoms. The summed E-state index contributed by atoms with van der Waals surface area (Å²) in [5.74, 6) is 0.182. The highest BCUT2D eigenvalue weighted by molar-refractivity contribution is 6.31. The van der Waals surface area contributed by atoms with Gasteiger partial charge in [-0.05, 0) is 42.9 Å². The molecule has 0 unspecified atom stereocenters. The van der Waals surface area contributed by atoms with Crippen molar-refractivity contribution in [3.8, 4) is 0 Å². The summed E-state index contributed by atoms with van der Waals surface area (Å²) < 4.78 is 0. The number of anilines is 1. The average molecular weight is 317 g/mol. The highest BCUT2D eigenvalue weighted by Crippen LogP contribution is 2.52. The summed E-state index contributed by atoms with van der Waals surface area (Å²) in [6.07, 6.45) is 5.17. The van der Waals surface area contributed by atoms with Crippen molar-refractivity contribution in [3.63, 3.8) is 0 Å². The number of allylic oxidation sites excluding steroid dienone is 2. The Hall–Kier alpha value is -1.81. The first kappa shape index (κ1) is 13.8. The SMILES string of the molecule is Cc1c(Cl)cccc1NCN1C(=O)[C@@H]2[C@@H](C1=O)[C@H]1C=C[C@@H]2C1. The number of hydrogen-bond donors (Lipinski definition) is 1. The Balaban J connectivity index is 1.52. The lowest BCUT2D eigenvalue weighted by Crippen LogP contribution is -2.37. The predicted octanol–water partition coefficient (Wildman–Crippen LogP) is 2.82. The van der Waals surface area contributed by atoms with Gasteiger partial charge in [-0.15, -0.1) is 0 Å². The van der Waals surface area contributed by atoms with Crippen LogP contribution in [0.2, 0.25) is 5.02 Å². The predicted molar refractivity (Wildman–Crippen MR) is 84.2 cm³/mol. The molecule has 4 rings (SSSR count). The Bertz CT molecular complexity index is 670. The van der Waals surface area contributed by atoms with Gasteiger partial charge in [0, 0.05) is 10.7 Å². The third kappa shape index (κ3) is 1.83. The van der Waals surface area contributed by atoms with Crippen LogP contribution in [0.5, 0.6) is 0 Å². The van der Waals surface area contributed by atoms with E-state index in [1.165, 1.54) is 4.90 Å². The van der Waals surface area contributed by atoms with Crippen LogP contribution < -0.4 is 5.32 Å². The number of nitrogens with zero attached hydrogens (tertiary/aromatic N) is 1. The number of nitrogens with one attached hydrogen (secondary N) is 1. The topological polar surface area (TPSA) is 49.4 Å². The van der Waals surface area contributed by atoms with Crippen molar-refractivity contribution < 1.29 is 9.59 Å². The molecule has 3 aliphatic rings. The summed E-state index contributed by atoms with van der Waals surface area (Å²) in [6, 6.07) is 5.57. The molecule has 0 spiro atoms. The Morgan fingerprint density at radius 3 is 2.45 bits per heavy atom. The summed E-state index contributed by atoms with van der Waals surface area (Å²) in [4.78, 5) is 26.5. The van der Waals surface area contributed by atoms with Crippen molar-refractivity contribution in [1.29, 1.82) is 0 Å². The van der Waals surface area contributed by atoms with Gasteiger partial charge >= 0.3 is 0 Å². The van der Waals surface area contributed by atoms with Crippen molar-refractivity contribution in [2.45, 2.75) is 13.3 Å². The van der Waals surface area contributed by atoms with Crippen LogP contribution in [0.3, 0.4) is 0 Å². The quantitative estimate of drug-likeness (QED) is 0.689. The number of likely N-dealkylation sites (tertiary alicyclic amines) is 1. The van der Waals surface area contributed by atoms with Crippen molar-refractivity contribution in [2.24, 2.45) is 23.7 Å². The van der Waals surface area contributed by atoms with E-state index in [2.05, 4.69) is 17.5 Å². The molecule has 1 heterocycles. The zero-order valence-electron chi connectivity index (χ0n) is 12.3. The summed E-state index contributed by atoms with van der Waals surface area (Å²) >= 11 is 6.10. The van der Waals surface area contributed by atoms with Gasteiger partial charge in [0.1, 0.15) is 0 Å². The minimum atomic E-state index is -0.134. The first-order chi connectivity index (χ1) is 10.6. The van der Waals surface area contributed by atoms with Crippen LogP contribution in [0.1, 0.15) is 12.0 Å². The second-order valence-corrected chi connectivity index (χ2v) is 6.76. The average Bonchev–Trinajstić information content (AvgIpc) is 3.17. The van der Waals surface area contributed by atoms with Gasteiger partial charge in [0.05, 0.1) is 18.5 Å². The molecule has 22 heavy (non-hydrogen) atoms. The lowest BCUT2D eigenvalue weighted by molar-refractivity contribution is -0.140. The fourth-order valence-electron chi connectivity index (χ4n) is 4.08. The van der Waals surface area contributed by atoms with Gasteiger partial charge in [-0.2, -0.15) is 0 Å². The fourth-order valence-corrected chi connectivity index (χ4v) is 4.26. The first-order valence-electron chi connectivity index (χ1n) is 7.60. The van der Waals surface area contributed by atoms with Crippen molar-refractivity contribution >= 4 is 29.1 Å². The maximum absolute atomic E-state index is 12.6. The minimum Gasteiger partial charge on any atom is -0.367 e. The molecule has 2 amide bonds. The van der Waals surface area contributed by atoms with Gasteiger partial charge in [-0.25, -0.2) is 0 Å². The number of carbonyl (C=O) groups is 2. The normalized spacial score (nSPS) is 32.0. The summed E-state index contributed by atoms with van der Waals surface area (Å²) in [5, 5.41) is 3.84. The van der Waals surface area contributed by atoms with Crippen molar-refractivity contribution in [3.05, 3.63) is 40.9 Å². The van der Waals surface area contributed by atoms with Crippen molar-refractivity contribution in [2.75, 3.05) is 12.0 Å². The number of imide groups is 1. The summed E-state index contributed by atoms with van der Waals surface area (Å²) in [7, 11) is 0. The van der Waals surface area contributed by atoms with Crippen LogP contribution in [-0.2, 0) is 9.59 Å². The van der Waals surface area contributed by atoms with Gasteiger partial charge in [-0.3, -0.25) is 14.5 Å². The van der Waals surface area contributed by atoms with E-state index in [4.69, 9.17) is 11.6 Å². The van der Waals surface area contributed by atoms with E-state index in [9.17, 15) is 9.59 Å². The van der Waals surface area contributed by atoms with Gasteiger partial charge in [-0.1, -0.05) is 29.8 Å². The monoisotopic (exact) mass is 316 g/mol. The highest BCUT2D eigenvalue weighted by Gasteiger charge is 2.59. The van der Waals surface area contributed by atoms with Crippen molar-refractivity contribution in [1.82, 2.24) is 4.90 Å². The lowest BCUT2D eigenvalue weighted by atomic mass is 9.85. The Morgan fingerprint density at radius 1 is 1.18 bits per heavy atom. The standard InChI is InChI=1S/C17H17ClN2O2/c1-9-12(18)3-2-4-13(9)19-8-20-16(21)14-10-5-6-11(7-10)15(14)17(20)22/h2-6,10-11,14-15,19H,7-8H2,1H3/t10-,11+,14-,15-/m0/s1. The zero-order valence-corrected chi connectivity index (χ0v) is 13.0. The Morgan fingerprint density at radius 2 is 1.82 bits per heavy atom. The van der Waals surface area contributed by atoms with Gasteiger partial charge in [0.2, 0.25) is 11.8 Å². The molecule has 1 saturated heterocycles. The second kappa shape index (κ2) is 4.85. The van der Waals surface area contributed by atoms with E-state index in [0.29, 0.717) is 5.02 Å². The number of halogens is 1. The molecule has 2 fully saturated rings. The molecule has 1 saturated carbocycles. The molecule has 0 radical (unpaired) electrons. The molecule has 4 nitrogen and oxygen atoms in total. The molecular formula is C17H17ClN2O2. The molecule has 0 aromatic heterocycles. The molecule has 1 aliphatic heterocycles. The third-order valence-corrected chi connectivity index (χ3v) is 5.67. The number of fused-ring (bicyclic) bond motifs is 5. The maximum atomic E-state index is 12.6. The van der Waals surface area contributed by atoms with Gasteiger partial charge < -0.3 is 5.32 Å². The highest BCUT2D eigenvalue weighted by atomic mass is 35.5. The second-order valence-electron chi connectivity index (χ2n) is 6.35. The molecule has 1 aromatic carbocycles. The summed E-state index contributed by atoms with van der Waals surface area (Å²) in [5.41, 5.74) is 1.77. The fraction of sp³-hybridized carbons (Fsp3) is 0.412. The van der Waals surface area contributed by atoms with E-state index in [0.717, 1.165) is 17.7 Å². The van der Waals surface area contributed by atoms with Gasteiger partial charge in [0.25, 0.3) is 0 Å². The van der Waals surface area contributed by atoms with Crippen LogP contribution in [-0.4, -0.2) is 23.4 Å². The molecule has 114 valence electrons. The Kier molecular flexibility index (Phi) is 3.05. The lowest BCUT2D eigenvalue weighted by Gasteiger charge is -2.19. The van der Waals surface area contributed by atoms with Crippen LogP contribution in [0.4, 0.5) is 5.69 Å². The van der Waals surface area contributed by atoms with Crippen LogP contribution >= 0.6 is 11.6 Å². The van der Waals surface area contributed by atoms with Gasteiger partial charge in [0.15, 0.2) is 0 Å². The number of amides is 2. The Labute approximate surface area is 134 Å². The van der Waals surface area contributed by atoms with E-state index in [1.54, 1.807) is 0 Å². The molecular weight excluding hydrogens is 300 g/mol. The molecule has 4 atom stereocenters. The minimum absolute atomic E-state index is 0.0287. The molecule has 5 heteroatoms. The zero-order chi connectivity index (χ0) is 15.4. The van der Waals surface area contributed by atoms with Crippen LogP contribution in [0.25, 0.3) is 0 Å². The number of carbonyl (C=O) groups excluding carboxylic acids is 2. The molecule has 1 N–H and O–H groups in total. The molecule has 1 aromatic rings. The summed E-state index contributed by atoms with van der Waals surface area (Å²) in [6.45, 7) is 2.13. The maximum Gasteiger partial charge on any atom is 0.235 e. The third-order valence-electron chi connectivity index (χ3n) is 5.26. The number of rotatable bonds is 3. The van der Waals surface area contributed by atoms with E-state index < -0.39 is 0 Å². The number of benzene rings is 1. The van der Waals surface area contributed by atoms with E-state index >= 15 is 0 Å². The van der Waals surface area contributed by atoms with E-state index in [1.807, 2.05) is 25.1 Å². The van der Waals surface area contributed by atoms with Crippen LogP contribution in [0, 0.1) is 30.6 Å². The number of hydrogen-bond acceptors (Lipinski definition) is 3.